The van der Waals surface area contributed by atoms with E-state index in [1.807, 2.05) is 26.0 Å². The maximum atomic E-state index is 11.9. The molecule has 0 unspecified atom stereocenters. The zero-order valence-corrected chi connectivity index (χ0v) is 13.9. The van der Waals surface area contributed by atoms with Crippen LogP contribution in [-0.2, 0) is 11.2 Å². The zero-order chi connectivity index (χ0) is 16.1. The molecule has 0 bridgehead atoms. The Hall–Kier alpha value is -1.84. The molecule has 2 aromatic rings. The number of benzene rings is 2. The Balaban J connectivity index is 1.96. The predicted octanol–water partition coefficient (Wildman–Crippen LogP) is 4.30. The van der Waals surface area contributed by atoms with Crippen molar-refractivity contribution in [1.82, 2.24) is 5.43 Å². The molecule has 0 radical (unpaired) electrons. The summed E-state index contributed by atoms with van der Waals surface area (Å²) in [5.41, 5.74) is 6.46. The van der Waals surface area contributed by atoms with Crippen LogP contribution in [0.1, 0.15) is 22.3 Å². The van der Waals surface area contributed by atoms with E-state index in [4.69, 9.17) is 23.2 Å². The van der Waals surface area contributed by atoms with Crippen LogP contribution in [0.5, 0.6) is 0 Å². The van der Waals surface area contributed by atoms with Crippen molar-refractivity contribution in [3.63, 3.8) is 0 Å². The lowest BCUT2D eigenvalue weighted by Gasteiger charge is -2.05. The van der Waals surface area contributed by atoms with Gasteiger partial charge in [-0.2, -0.15) is 5.10 Å². The van der Waals surface area contributed by atoms with Gasteiger partial charge in [0, 0.05) is 10.6 Å². The first-order valence-electron chi connectivity index (χ1n) is 6.79. The molecule has 2 rings (SSSR count). The summed E-state index contributed by atoms with van der Waals surface area (Å²) in [5, 5.41) is 4.97. The van der Waals surface area contributed by atoms with E-state index in [1.165, 1.54) is 11.8 Å². The van der Waals surface area contributed by atoms with Gasteiger partial charge in [-0.05, 0) is 37.1 Å². The SMILES string of the molecule is Cc1ccc(CC(=O)N/N=C\c2ccc(Cl)cc2Cl)c(C)c1. The van der Waals surface area contributed by atoms with Gasteiger partial charge < -0.3 is 0 Å². The number of nitrogens with one attached hydrogen (secondary N) is 1. The van der Waals surface area contributed by atoms with Gasteiger partial charge in [0.15, 0.2) is 0 Å². The summed E-state index contributed by atoms with van der Waals surface area (Å²) in [7, 11) is 0. The second-order valence-electron chi connectivity index (χ2n) is 5.07. The molecule has 1 amide bonds. The van der Waals surface area contributed by atoms with Crippen LogP contribution in [0.3, 0.4) is 0 Å². The van der Waals surface area contributed by atoms with E-state index in [0.717, 1.165) is 11.1 Å². The van der Waals surface area contributed by atoms with Gasteiger partial charge >= 0.3 is 0 Å². The third-order valence-corrected chi connectivity index (χ3v) is 3.77. The van der Waals surface area contributed by atoms with Gasteiger partial charge in [-0.3, -0.25) is 4.79 Å². The molecule has 0 aliphatic rings. The van der Waals surface area contributed by atoms with Crippen LogP contribution in [-0.4, -0.2) is 12.1 Å². The number of rotatable bonds is 4. The molecule has 0 aliphatic carbocycles. The number of aryl methyl sites for hydroxylation is 2. The summed E-state index contributed by atoms with van der Waals surface area (Å²) < 4.78 is 0. The Labute approximate surface area is 139 Å². The summed E-state index contributed by atoms with van der Waals surface area (Å²) in [5.74, 6) is -0.173. The standard InChI is InChI=1S/C17H16Cl2N2O/c1-11-3-4-13(12(2)7-11)8-17(22)21-20-10-14-5-6-15(18)9-16(14)19/h3-7,9-10H,8H2,1-2H3,(H,21,22)/b20-10-. The fourth-order valence-corrected chi connectivity index (χ4v) is 2.49. The third-order valence-electron chi connectivity index (χ3n) is 3.20. The minimum atomic E-state index is -0.173. The number of hydrogen-bond donors (Lipinski definition) is 1. The topological polar surface area (TPSA) is 41.5 Å². The van der Waals surface area contributed by atoms with E-state index in [-0.39, 0.29) is 12.3 Å². The number of amides is 1. The summed E-state index contributed by atoms with van der Waals surface area (Å²) in [6.45, 7) is 4.02. The van der Waals surface area contributed by atoms with Crippen molar-refractivity contribution in [3.8, 4) is 0 Å². The monoisotopic (exact) mass is 334 g/mol. The van der Waals surface area contributed by atoms with Crippen molar-refractivity contribution in [2.75, 3.05) is 0 Å². The first kappa shape index (κ1) is 16.5. The molecule has 0 saturated heterocycles. The van der Waals surface area contributed by atoms with Crippen LogP contribution in [0.4, 0.5) is 0 Å². The number of carbonyl (C=O) groups excluding carboxylic acids is 1. The van der Waals surface area contributed by atoms with Crippen molar-refractivity contribution in [3.05, 3.63) is 68.7 Å². The Kier molecular flexibility index (Phi) is 5.58. The minimum Gasteiger partial charge on any atom is -0.273 e. The molecule has 0 aromatic heterocycles. The van der Waals surface area contributed by atoms with E-state index >= 15 is 0 Å². The predicted molar refractivity (Wildman–Crippen MR) is 91.8 cm³/mol. The van der Waals surface area contributed by atoms with Gasteiger partial charge in [-0.1, -0.05) is 53.0 Å². The average Bonchev–Trinajstić information content (AvgIpc) is 2.44. The lowest BCUT2D eigenvalue weighted by molar-refractivity contribution is -0.120. The molecule has 0 saturated carbocycles. The lowest BCUT2D eigenvalue weighted by Crippen LogP contribution is -2.20. The molecular formula is C17H16Cl2N2O. The number of halogens is 2. The van der Waals surface area contributed by atoms with E-state index in [9.17, 15) is 4.79 Å². The molecule has 22 heavy (non-hydrogen) atoms. The van der Waals surface area contributed by atoms with Crippen molar-refractivity contribution < 1.29 is 4.79 Å². The van der Waals surface area contributed by atoms with Crippen molar-refractivity contribution >= 4 is 35.3 Å². The van der Waals surface area contributed by atoms with Gasteiger partial charge in [0.2, 0.25) is 5.91 Å². The highest BCUT2D eigenvalue weighted by Crippen LogP contribution is 2.19. The van der Waals surface area contributed by atoms with Crippen LogP contribution in [0.15, 0.2) is 41.5 Å². The highest BCUT2D eigenvalue weighted by Gasteiger charge is 2.05. The summed E-state index contributed by atoms with van der Waals surface area (Å²) in [6.07, 6.45) is 1.79. The van der Waals surface area contributed by atoms with E-state index in [2.05, 4.69) is 16.6 Å². The Morgan fingerprint density at radius 2 is 1.95 bits per heavy atom. The first-order valence-corrected chi connectivity index (χ1v) is 7.54. The summed E-state index contributed by atoms with van der Waals surface area (Å²) in [6, 6.07) is 11.1. The molecule has 0 heterocycles. The van der Waals surface area contributed by atoms with Crippen LogP contribution in [0.2, 0.25) is 10.0 Å². The quantitative estimate of drug-likeness (QED) is 0.657. The Bertz CT molecular complexity index is 727. The molecule has 0 fully saturated rings. The number of hydrogen-bond acceptors (Lipinski definition) is 2. The van der Waals surface area contributed by atoms with Crippen molar-refractivity contribution in [2.24, 2.45) is 5.10 Å². The molecular weight excluding hydrogens is 319 g/mol. The van der Waals surface area contributed by atoms with Gasteiger partial charge in [-0.25, -0.2) is 5.43 Å². The van der Waals surface area contributed by atoms with Gasteiger partial charge in [-0.15, -0.1) is 0 Å². The molecule has 114 valence electrons. The Morgan fingerprint density at radius 3 is 2.64 bits per heavy atom. The van der Waals surface area contributed by atoms with Crippen LogP contribution < -0.4 is 5.43 Å². The van der Waals surface area contributed by atoms with E-state index in [1.54, 1.807) is 18.2 Å². The average molecular weight is 335 g/mol. The Morgan fingerprint density at radius 1 is 1.18 bits per heavy atom. The summed E-state index contributed by atoms with van der Waals surface area (Å²) in [4.78, 5) is 11.9. The fourth-order valence-electron chi connectivity index (χ4n) is 2.04. The molecule has 1 N–H and O–H groups in total. The van der Waals surface area contributed by atoms with Gasteiger partial charge in [0.1, 0.15) is 0 Å². The van der Waals surface area contributed by atoms with Crippen LogP contribution in [0.25, 0.3) is 0 Å². The molecule has 5 heteroatoms. The van der Waals surface area contributed by atoms with E-state index in [0.29, 0.717) is 15.6 Å². The summed E-state index contributed by atoms with van der Waals surface area (Å²) >= 11 is 11.8. The largest absolute Gasteiger partial charge is 0.273 e. The van der Waals surface area contributed by atoms with Gasteiger partial charge in [0.05, 0.1) is 17.7 Å². The minimum absolute atomic E-state index is 0.173. The number of nitrogens with zero attached hydrogens (tertiary/aromatic N) is 1. The zero-order valence-electron chi connectivity index (χ0n) is 12.4. The number of hydrazone groups is 1. The van der Waals surface area contributed by atoms with Crippen LogP contribution >= 0.6 is 23.2 Å². The molecule has 2 aromatic carbocycles. The molecule has 3 nitrogen and oxygen atoms in total. The second kappa shape index (κ2) is 7.43. The first-order chi connectivity index (χ1) is 10.5. The number of carbonyl (C=O) groups is 1. The smallest absolute Gasteiger partial charge is 0.244 e. The molecule has 0 atom stereocenters. The lowest BCUT2D eigenvalue weighted by atomic mass is 10.0. The van der Waals surface area contributed by atoms with E-state index < -0.39 is 0 Å². The van der Waals surface area contributed by atoms with Crippen molar-refractivity contribution in [2.45, 2.75) is 20.3 Å². The van der Waals surface area contributed by atoms with Crippen molar-refractivity contribution in [1.29, 1.82) is 0 Å². The maximum Gasteiger partial charge on any atom is 0.244 e. The van der Waals surface area contributed by atoms with Crippen LogP contribution in [0, 0.1) is 13.8 Å². The normalized spacial score (nSPS) is 10.9. The highest BCUT2D eigenvalue weighted by atomic mass is 35.5. The third kappa shape index (κ3) is 4.58. The molecule has 0 spiro atoms. The second-order valence-corrected chi connectivity index (χ2v) is 5.91. The molecule has 0 aliphatic heterocycles. The van der Waals surface area contributed by atoms with Gasteiger partial charge in [0.25, 0.3) is 0 Å². The highest BCUT2D eigenvalue weighted by molar-refractivity contribution is 6.36. The maximum absolute atomic E-state index is 11.9. The fraction of sp³-hybridized carbons (Fsp3) is 0.176.